The summed E-state index contributed by atoms with van der Waals surface area (Å²) in [6.45, 7) is 6.02. The van der Waals surface area contributed by atoms with Crippen LogP contribution >= 0.6 is 0 Å². The van der Waals surface area contributed by atoms with Crippen LogP contribution in [0.25, 0.3) is 0 Å². The first-order valence-corrected chi connectivity index (χ1v) is 5.09. The summed E-state index contributed by atoms with van der Waals surface area (Å²) in [5.41, 5.74) is 1.21. The summed E-state index contributed by atoms with van der Waals surface area (Å²) in [7, 11) is 0. The zero-order valence-electron chi connectivity index (χ0n) is 9.57. The van der Waals surface area contributed by atoms with Crippen molar-refractivity contribution in [2.75, 3.05) is 0 Å². The smallest absolute Gasteiger partial charge is 0.0297 e. The predicted molar refractivity (Wildman–Crippen MR) is 64.4 cm³/mol. The van der Waals surface area contributed by atoms with Gasteiger partial charge in [-0.25, -0.2) is 0 Å². The fraction of sp³-hybridized carbons (Fsp3) is 0.214. The minimum atomic E-state index is 1.21. The van der Waals surface area contributed by atoms with E-state index in [2.05, 4.69) is 17.1 Å². The van der Waals surface area contributed by atoms with Crippen molar-refractivity contribution in [3.05, 3.63) is 66.5 Å². The lowest BCUT2D eigenvalue weighted by molar-refractivity contribution is 1.27. The highest BCUT2D eigenvalue weighted by Gasteiger charge is 1.73. The summed E-state index contributed by atoms with van der Waals surface area (Å²) in [5.74, 6) is 0. The molecular formula is C14H17N. The van der Waals surface area contributed by atoms with Crippen LogP contribution in [0.4, 0.5) is 0 Å². The lowest BCUT2D eigenvalue weighted by Gasteiger charge is -1.82. The van der Waals surface area contributed by atoms with Gasteiger partial charge in [-0.05, 0) is 30.7 Å². The molecule has 0 aliphatic carbocycles. The molecule has 1 aromatic carbocycles. The molecule has 15 heavy (non-hydrogen) atoms. The average Bonchev–Trinajstić information content (AvgIpc) is 2.36. The van der Waals surface area contributed by atoms with Crippen LogP contribution in [0.3, 0.4) is 0 Å². The largest absolute Gasteiger partial charge is 0.264 e. The van der Waals surface area contributed by atoms with Crippen LogP contribution in [-0.4, -0.2) is 4.98 Å². The summed E-state index contributed by atoms with van der Waals surface area (Å²) in [6.07, 6.45) is 3.60. The van der Waals surface area contributed by atoms with Crippen molar-refractivity contribution in [2.45, 2.75) is 20.8 Å². The van der Waals surface area contributed by atoms with Gasteiger partial charge in [-0.2, -0.15) is 0 Å². The molecule has 2 aromatic rings. The normalized spacial score (nSPS) is 7.13. The molecule has 0 atom stereocenters. The standard InChI is InChI=1S/C6H7N.C6H4.C2H6/c1-6-3-2-4-7-5-6;1-2-4-6-5-3-1;1-2/h2-5H,1H3;1-4H;1-2H3. The van der Waals surface area contributed by atoms with Gasteiger partial charge >= 0.3 is 0 Å². The van der Waals surface area contributed by atoms with E-state index in [0.717, 1.165) is 0 Å². The van der Waals surface area contributed by atoms with Crippen LogP contribution in [0.2, 0.25) is 0 Å². The summed E-state index contributed by atoms with van der Waals surface area (Å²) >= 11 is 0. The Morgan fingerprint density at radius 3 is 1.80 bits per heavy atom. The molecule has 0 unspecified atom stereocenters. The van der Waals surface area contributed by atoms with Gasteiger partial charge in [-0.15, -0.1) is 0 Å². The zero-order valence-corrected chi connectivity index (χ0v) is 9.57. The second-order valence-corrected chi connectivity index (χ2v) is 2.54. The van der Waals surface area contributed by atoms with E-state index in [1.807, 2.05) is 63.4 Å². The summed E-state index contributed by atoms with van der Waals surface area (Å²) < 4.78 is 0. The number of rotatable bonds is 0. The Bertz CT molecular complexity index is 276. The first-order valence-electron chi connectivity index (χ1n) is 5.09. The fourth-order valence-electron chi connectivity index (χ4n) is 0.752. The molecular weight excluding hydrogens is 182 g/mol. The molecule has 2 rings (SSSR count). The monoisotopic (exact) mass is 199 g/mol. The minimum Gasteiger partial charge on any atom is -0.264 e. The topological polar surface area (TPSA) is 12.9 Å². The van der Waals surface area contributed by atoms with E-state index in [1.165, 1.54) is 5.56 Å². The maximum absolute atomic E-state index is 3.88. The van der Waals surface area contributed by atoms with E-state index >= 15 is 0 Å². The quantitative estimate of drug-likeness (QED) is 0.630. The molecule has 0 N–H and O–H groups in total. The fourth-order valence-corrected chi connectivity index (χ4v) is 0.752. The molecule has 0 saturated carbocycles. The molecule has 0 fully saturated rings. The maximum atomic E-state index is 3.88. The molecule has 1 nitrogen and oxygen atoms in total. The van der Waals surface area contributed by atoms with E-state index < -0.39 is 0 Å². The first-order chi connectivity index (χ1) is 7.39. The third kappa shape index (κ3) is 8.52. The Morgan fingerprint density at radius 2 is 1.60 bits per heavy atom. The summed E-state index contributed by atoms with van der Waals surface area (Å²) in [4.78, 5) is 3.88. The van der Waals surface area contributed by atoms with Crippen molar-refractivity contribution < 1.29 is 0 Å². The maximum Gasteiger partial charge on any atom is 0.0297 e. The molecule has 1 aromatic heterocycles. The average molecular weight is 199 g/mol. The van der Waals surface area contributed by atoms with Crippen molar-refractivity contribution in [3.8, 4) is 0 Å². The number of pyridine rings is 1. The van der Waals surface area contributed by atoms with Gasteiger partial charge < -0.3 is 0 Å². The highest BCUT2D eigenvalue weighted by molar-refractivity contribution is 5.04. The second-order valence-electron chi connectivity index (χ2n) is 2.54. The lowest BCUT2D eigenvalue weighted by Crippen LogP contribution is -1.69. The van der Waals surface area contributed by atoms with Crippen LogP contribution in [0, 0.1) is 19.1 Å². The molecule has 0 amide bonds. The van der Waals surface area contributed by atoms with Crippen molar-refractivity contribution in [2.24, 2.45) is 0 Å². The summed E-state index contributed by atoms with van der Waals surface area (Å²) in [6, 6.07) is 16.9. The first kappa shape index (κ1) is 13.2. The van der Waals surface area contributed by atoms with E-state index in [9.17, 15) is 0 Å². The number of aryl methyl sites for hydroxylation is 1. The third-order valence-electron chi connectivity index (χ3n) is 1.36. The Balaban J connectivity index is 0.000000227. The van der Waals surface area contributed by atoms with Crippen molar-refractivity contribution in [1.82, 2.24) is 4.98 Å². The van der Waals surface area contributed by atoms with Gasteiger partial charge in [0.1, 0.15) is 0 Å². The Hall–Kier alpha value is -1.81. The Labute approximate surface area is 92.8 Å². The van der Waals surface area contributed by atoms with Crippen LogP contribution < -0.4 is 0 Å². The zero-order chi connectivity index (χ0) is 11.4. The number of aromatic nitrogens is 1. The molecule has 78 valence electrons. The van der Waals surface area contributed by atoms with E-state index in [4.69, 9.17) is 0 Å². The van der Waals surface area contributed by atoms with Crippen molar-refractivity contribution in [3.63, 3.8) is 0 Å². The van der Waals surface area contributed by atoms with E-state index in [1.54, 1.807) is 6.20 Å². The molecule has 0 bridgehead atoms. The highest BCUT2D eigenvalue weighted by atomic mass is 14.6. The number of hydrogen-bond acceptors (Lipinski definition) is 1. The van der Waals surface area contributed by atoms with Gasteiger partial charge in [0.25, 0.3) is 0 Å². The highest BCUT2D eigenvalue weighted by Crippen LogP contribution is 1.88. The molecule has 1 heteroatoms. The van der Waals surface area contributed by atoms with Gasteiger partial charge in [0.2, 0.25) is 0 Å². The third-order valence-corrected chi connectivity index (χ3v) is 1.36. The lowest BCUT2D eigenvalue weighted by atomic mass is 10.3. The van der Waals surface area contributed by atoms with Crippen LogP contribution in [0.15, 0.2) is 48.8 Å². The van der Waals surface area contributed by atoms with E-state index in [0.29, 0.717) is 0 Å². The van der Waals surface area contributed by atoms with Gasteiger partial charge in [0.15, 0.2) is 0 Å². The van der Waals surface area contributed by atoms with Crippen LogP contribution in [0.5, 0.6) is 0 Å². The summed E-state index contributed by atoms with van der Waals surface area (Å²) in [5, 5.41) is 0. The van der Waals surface area contributed by atoms with Gasteiger partial charge in [-0.1, -0.05) is 44.2 Å². The molecule has 1 heterocycles. The Morgan fingerprint density at radius 1 is 1.00 bits per heavy atom. The number of hydrogen-bond donors (Lipinski definition) is 0. The molecule has 0 radical (unpaired) electrons. The molecule has 0 saturated heterocycles. The molecule has 0 aliphatic heterocycles. The van der Waals surface area contributed by atoms with Gasteiger partial charge in [-0.3, -0.25) is 4.98 Å². The number of nitrogens with zero attached hydrogens (tertiary/aromatic N) is 1. The predicted octanol–water partition coefficient (Wildman–Crippen LogP) is 3.70. The van der Waals surface area contributed by atoms with Crippen LogP contribution in [-0.2, 0) is 0 Å². The van der Waals surface area contributed by atoms with E-state index in [-0.39, 0.29) is 0 Å². The van der Waals surface area contributed by atoms with Gasteiger partial charge in [0, 0.05) is 12.4 Å². The minimum absolute atomic E-state index is 1.21. The SMILES string of the molecule is CC.Cc1cccnc1.c1ccccc#1. The van der Waals surface area contributed by atoms with Crippen LogP contribution in [0.1, 0.15) is 19.4 Å². The molecule has 0 aliphatic rings. The molecule has 0 spiro atoms. The van der Waals surface area contributed by atoms with Gasteiger partial charge in [0.05, 0.1) is 0 Å². The second kappa shape index (κ2) is 10.3. The van der Waals surface area contributed by atoms with Crippen molar-refractivity contribution in [1.29, 1.82) is 0 Å². The van der Waals surface area contributed by atoms with Crippen molar-refractivity contribution >= 4 is 0 Å². The Kier molecular flexibility index (Phi) is 9.03.